The third kappa shape index (κ3) is 10.1. The molecule has 0 spiro atoms. The van der Waals surface area contributed by atoms with Gasteiger partial charge in [0.2, 0.25) is 0 Å². The lowest BCUT2D eigenvalue weighted by Gasteiger charge is -2.44. The Balaban J connectivity index is 8.37. The molecular weight excluding hydrogens is 1340 g/mol. The van der Waals surface area contributed by atoms with Crippen LogP contribution in [0.25, 0.3) is 0 Å². The minimum atomic E-state index is -10.1. The highest BCUT2D eigenvalue weighted by atomic mass is 32.2. The van der Waals surface area contributed by atoms with Crippen molar-refractivity contribution >= 4 is 27.9 Å². The minimum absolute atomic E-state index is 1.04. The molecule has 476 valence electrons. The van der Waals surface area contributed by atoms with Crippen molar-refractivity contribution in [3.8, 4) is 0 Å². The molecule has 0 saturated heterocycles. The summed E-state index contributed by atoms with van der Waals surface area (Å²) in [6.07, 6.45) is -34.2. The van der Waals surface area contributed by atoms with Crippen LogP contribution >= 0.6 is 7.82 Å². The summed E-state index contributed by atoms with van der Waals surface area (Å²) < 4.78 is 639. The van der Waals surface area contributed by atoms with Gasteiger partial charge in [0.25, 0.3) is 20.0 Å². The lowest BCUT2D eigenvalue weighted by atomic mass is 9.91. The van der Waals surface area contributed by atoms with Crippen molar-refractivity contribution < 1.29 is 220 Å². The van der Waals surface area contributed by atoms with Crippen LogP contribution in [0.2, 0.25) is 0 Å². The molecular formula is C24H11F42N2O8PS2. The zero-order valence-electron chi connectivity index (χ0n) is 34.8. The molecule has 0 fully saturated rings. The van der Waals surface area contributed by atoms with Crippen LogP contribution in [0.1, 0.15) is 13.8 Å². The first-order chi connectivity index (χ1) is 33.3. The highest BCUT2D eigenvalue weighted by molar-refractivity contribution is 7.90. The number of phosphoric ester groups is 1. The summed E-state index contributed by atoms with van der Waals surface area (Å²) in [6.45, 7) is -9.63. The molecule has 2 unspecified atom stereocenters. The fourth-order valence-corrected chi connectivity index (χ4v) is 8.96. The van der Waals surface area contributed by atoms with Crippen molar-refractivity contribution in [3.63, 3.8) is 0 Å². The quantitative estimate of drug-likeness (QED) is 0.0438. The average molecular weight is 1350 g/mol. The van der Waals surface area contributed by atoms with Crippen molar-refractivity contribution in [2.75, 3.05) is 13.1 Å². The van der Waals surface area contributed by atoms with Gasteiger partial charge in [0.15, 0.2) is 0 Å². The summed E-state index contributed by atoms with van der Waals surface area (Å²) in [4.78, 5) is 9.39. The number of nitrogens with zero attached hydrogens (tertiary/aromatic N) is 2. The summed E-state index contributed by atoms with van der Waals surface area (Å²) in [6, 6.07) is 0. The van der Waals surface area contributed by atoms with E-state index in [9.17, 15) is 202 Å². The monoisotopic (exact) mass is 1350 g/mol. The average Bonchev–Trinajstić information content (AvgIpc) is 3.17. The Morgan fingerprint density at radius 2 is 0.456 bits per heavy atom. The van der Waals surface area contributed by atoms with E-state index in [2.05, 4.69) is 0 Å². The van der Waals surface area contributed by atoms with E-state index in [0.717, 1.165) is 0 Å². The van der Waals surface area contributed by atoms with E-state index in [1.807, 2.05) is 9.05 Å². The van der Waals surface area contributed by atoms with E-state index in [4.69, 9.17) is 0 Å². The number of phosphoric acid groups is 1. The second-order valence-corrected chi connectivity index (χ2v) is 19.1. The molecule has 0 rings (SSSR count). The zero-order chi connectivity index (χ0) is 65.5. The summed E-state index contributed by atoms with van der Waals surface area (Å²) >= 11 is 0. The first-order valence-electron chi connectivity index (χ1n) is 17.0. The molecule has 55 heteroatoms. The summed E-state index contributed by atoms with van der Waals surface area (Å²) in [5.41, 5.74) is 0. The first kappa shape index (κ1) is 76.0. The molecule has 0 aromatic carbocycles. The maximum atomic E-state index is 15.6. The number of hydrogen-bond donors (Lipinski definition) is 1. The van der Waals surface area contributed by atoms with Crippen LogP contribution in [-0.2, 0) is 33.7 Å². The van der Waals surface area contributed by atoms with Crippen molar-refractivity contribution in [2.24, 2.45) is 0 Å². The number of halogens is 42. The molecule has 0 saturated carbocycles. The Morgan fingerprint density at radius 1 is 0.304 bits per heavy atom. The van der Waals surface area contributed by atoms with E-state index in [1.165, 1.54) is 0 Å². The molecule has 2 atom stereocenters. The Kier molecular flexibility index (Phi) is 18.8. The molecule has 10 nitrogen and oxygen atoms in total. The van der Waals surface area contributed by atoms with Gasteiger partial charge in [-0.2, -0.15) is 184 Å². The standard InChI is InChI=1S/C24H11F42N2O8PS2/c1-3-67(78(71,72)21(61,62)15(45,46)11(37,38)7(29,30)5(25,26)9(33,34)13(41,42)17(49,50)51)23(65,19(55,56)57)75-77(69,70)76-24(66,20(58,59)60)68(4-2)79(73,74)22(63,64)16(47,48)12(39,40)8(31,32)6(27,28)10(35,36)14(43,44)18(52,53)54/h3-4H2,1-2H3,(H,69,70). The molecule has 0 aromatic rings. The smallest absolute Gasteiger partial charge is 0.302 e. The Hall–Kier alpha value is -3.01. The van der Waals surface area contributed by atoms with Crippen molar-refractivity contribution in [1.82, 2.24) is 8.61 Å². The Bertz CT molecular complexity index is 2330. The maximum Gasteiger partial charge on any atom is 0.480 e. The van der Waals surface area contributed by atoms with Crippen LogP contribution in [0.5, 0.6) is 0 Å². The molecule has 0 radical (unpaired) electrons. The highest BCUT2D eigenvalue weighted by Gasteiger charge is 2.99. The van der Waals surface area contributed by atoms with Crippen LogP contribution < -0.4 is 0 Å². The molecule has 0 heterocycles. The van der Waals surface area contributed by atoms with Gasteiger partial charge in [-0.05, 0) is 0 Å². The molecule has 1 N–H and O–H groups in total. The van der Waals surface area contributed by atoms with Gasteiger partial charge < -0.3 is 4.89 Å². The zero-order valence-corrected chi connectivity index (χ0v) is 37.3. The molecule has 79 heavy (non-hydrogen) atoms. The van der Waals surface area contributed by atoms with Crippen molar-refractivity contribution in [2.45, 2.75) is 132 Å². The third-order valence-corrected chi connectivity index (χ3v) is 13.9. The van der Waals surface area contributed by atoms with Gasteiger partial charge >= 0.3 is 126 Å². The fourth-order valence-electron chi connectivity index (χ4n) is 4.76. The van der Waals surface area contributed by atoms with Gasteiger partial charge in [0, 0.05) is 13.1 Å². The molecule has 0 aliphatic rings. The lowest BCUT2D eigenvalue weighted by molar-refractivity contribution is -0.458. The van der Waals surface area contributed by atoms with Gasteiger partial charge in [-0.25, -0.2) is 30.4 Å². The van der Waals surface area contributed by atoms with E-state index in [0.29, 0.717) is 0 Å². The van der Waals surface area contributed by atoms with Crippen molar-refractivity contribution in [3.05, 3.63) is 0 Å². The van der Waals surface area contributed by atoms with Crippen LogP contribution in [0.3, 0.4) is 0 Å². The predicted molar refractivity (Wildman–Crippen MR) is 156 cm³/mol. The normalized spacial score (nSPS) is 18.9. The van der Waals surface area contributed by atoms with Gasteiger partial charge in [-0.3, -0.25) is 0 Å². The summed E-state index contributed by atoms with van der Waals surface area (Å²) in [5.74, 6) is -133. The van der Waals surface area contributed by atoms with Crippen LogP contribution in [0.15, 0.2) is 0 Å². The largest absolute Gasteiger partial charge is 0.480 e. The number of sulfonamides is 2. The Labute approximate surface area is 402 Å². The first-order valence-corrected chi connectivity index (χ1v) is 21.4. The molecule has 0 aromatic heterocycles. The fraction of sp³-hybridized carbons (Fsp3) is 1.00. The predicted octanol–water partition coefficient (Wildman–Crippen LogP) is 12.7. The van der Waals surface area contributed by atoms with Gasteiger partial charge in [0.05, 0.1) is 0 Å². The van der Waals surface area contributed by atoms with E-state index < -0.39 is 182 Å². The molecule has 0 amide bonds. The van der Waals surface area contributed by atoms with E-state index in [-0.39, 0.29) is 0 Å². The molecule has 0 bridgehead atoms. The maximum absolute atomic E-state index is 15.6. The van der Waals surface area contributed by atoms with E-state index in [1.54, 1.807) is 0 Å². The van der Waals surface area contributed by atoms with E-state index >= 15 is 8.78 Å². The van der Waals surface area contributed by atoms with Crippen LogP contribution in [-0.4, -0.2) is 162 Å². The number of alkyl halides is 42. The molecule has 0 aliphatic carbocycles. The highest BCUT2D eigenvalue weighted by Crippen LogP contribution is 2.68. The Morgan fingerprint density at radius 3 is 0.595 bits per heavy atom. The van der Waals surface area contributed by atoms with Gasteiger partial charge in [-0.1, -0.05) is 13.8 Å². The number of hydrogen-bond acceptors (Lipinski definition) is 7. The summed E-state index contributed by atoms with van der Waals surface area (Å²) in [7, 11) is -29.9. The molecule has 0 aliphatic heterocycles. The van der Waals surface area contributed by atoms with Crippen LogP contribution in [0.4, 0.5) is 184 Å². The number of rotatable bonds is 24. The van der Waals surface area contributed by atoms with Gasteiger partial charge in [0.1, 0.15) is 0 Å². The topological polar surface area (TPSA) is 131 Å². The summed E-state index contributed by atoms with van der Waals surface area (Å²) in [5, 5.41) is -19.0. The van der Waals surface area contributed by atoms with Crippen molar-refractivity contribution in [1.29, 1.82) is 0 Å². The minimum Gasteiger partial charge on any atom is -0.302 e. The second kappa shape index (κ2) is 19.5. The third-order valence-electron chi connectivity index (χ3n) is 9.00. The SMILES string of the molecule is CCN(C(F)(OP(=O)(O)OC(F)(N(CC)S(=O)(=O)C(F)(F)C(F)(F)C(F)(F)C(F)(F)C(F)(F)C(F)(F)C(F)(F)C(F)(F)F)C(F)(F)F)C(F)(F)F)S(=O)(=O)C(F)(F)C(F)(F)C(F)(F)C(F)(F)C(F)(F)C(F)(F)C(F)(F)C(F)(F)F. The lowest BCUT2D eigenvalue weighted by Crippen LogP contribution is -2.76. The second-order valence-electron chi connectivity index (χ2n) is 14.0. The van der Waals surface area contributed by atoms with Crippen LogP contribution in [0, 0.1) is 0 Å². The van der Waals surface area contributed by atoms with Gasteiger partial charge in [-0.15, -0.1) is 8.61 Å².